The highest BCUT2D eigenvalue weighted by molar-refractivity contribution is 7.54. The summed E-state index contributed by atoms with van der Waals surface area (Å²) in [6.07, 6.45) is -1.28. The maximum Gasteiger partial charge on any atom is 0.350 e. The average molecular weight is 512 g/mol. The van der Waals surface area contributed by atoms with E-state index in [1.807, 2.05) is 41.5 Å². The van der Waals surface area contributed by atoms with E-state index >= 15 is 0 Å². The zero-order valence-corrected chi connectivity index (χ0v) is 23.4. The standard InChI is InChI=1S/C23H46NO9P/c1-11-31-34(29,32-12-2)19(21(3,4)5)24(22(6,7)8)33-17(16-23(9,10)20(27)28)18(26)30-15-13-14-25/h17,19,25H,11-16H2,1-10H3,(H,27,28). The van der Waals surface area contributed by atoms with E-state index in [0.29, 0.717) is 0 Å². The quantitative estimate of drug-likeness (QED) is 0.141. The summed E-state index contributed by atoms with van der Waals surface area (Å²) in [4.78, 5) is 31.0. The van der Waals surface area contributed by atoms with Gasteiger partial charge >= 0.3 is 19.5 Å². The molecule has 0 fully saturated rings. The highest BCUT2D eigenvalue weighted by Gasteiger charge is 2.52. The van der Waals surface area contributed by atoms with Crippen LogP contribution in [0, 0.1) is 10.8 Å². The lowest BCUT2D eigenvalue weighted by molar-refractivity contribution is -0.271. The van der Waals surface area contributed by atoms with Crippen molar-refractivity contribution in [3.63, 3.8) is 0 Å². The second-order valence-electron chi connectivity index (χ2n) is 10.8. The Morgan fingerprint density at radius 2 is 1.47 bits per heavy atom. The van der Waals surface area contributed by atoms with Crippen molar-refractivity contribution in [2.45, 2.75) is 99.5 Å². The first-order chi connectivity index (χ1) is 15.4. The molecule has 0 saturated heterocycles. The number of hydroxylamine groups is 2. The summed E-state index contributed by atoms with van der Waals surface area (Å²) in [6.45, 7) is 17.5. The van der Waals surface area contributed by atoms with Gasteiger partial charge < -0.3 is 24.0 Å². The Hall–Kier alpha value is -1.03. The predicted octanol–water partition coefficient (Wildman–Crippen LogP) is 4.45. The number of rotatable bonds is 15. The molecule has 0 saturated carbocycles. The number of hydrogen-bond acceptors (Lipinski definition) is 9. The van der Waals surface area contributed by atoms with Crippen LogP contribution in [0.5, 0.6) is 0 Å². The Morgan fingerprint density at radius 1 is 0.971 bits per heavy atom. The lowest BCUT2D eigenvalue weighted by Gasteiger charge is -2.48. The van der Waals surface area contributed by atoms with Crippen molar-refractivity contribution in [3.8, 4) is 0 Å². The van der Waals surface area contributed by atoms with Crippen LogP contribution in [-0.2, 0) is 32.8 Å². The summed E-state index contributed by atoms with van der Waals surface area (Å²) in [5.74, 6) is -2.80. The maximum atomic E-state index is 14.0. The van der Waals surface area contributed by atoms with Crippen LogP contribution < -0.4 is 0 Å². The summed E-state index contributed by atoms with van der Waals surface area (Å²) in [7, 11) is -3.79. The van der Waals surface area contributed by atoms with E-state index in [9.17, 15) is 19.3 Å². The van der Waals surface area contributed by atoms with E-state index in [0.717, 1.165) is 0 Å². The zero-order chi connectivity index (χ0) is 27.0. The molecule has 0 aliphatic heterocycles. The van der Waals surface area contributed by atoms with E-state index in [4.69, 9.17) is 23.7 Å². The van der Waals surface area contributed by atoms with Crippen molar-refractivity contribution in [3.05, 3.63) is 0 Å². The zero-order valence-electron chi connectivity index (χ0n) is 22.5. The number of carbonyl (C=O) groups excluding carboxylic acids is 1. The van der Waals surface area contributed by atoms with Gasteiger partial charge in [0.1, 0.15) is 5.78 Å². The fraction of sp³-hybridized carbons (Fsp3) is 0.913. The topological polar surface area (TPSA) is 132 Å². The number of carbonyl (C=O) groups is 2. The minimum atomic E-state index is -3.79. The minimum Gasteiger partial charge on any atom is -0.481 e. The molecule has 0 spiro atoms. The van der Waals surface area contributed by atoms with Crippen LogP contribution in [0.15, 0.2) is 0 Å². The molecule has 0 aromatic heterocycles. The number of aliphatic hydroxyl groups excluding tert-OH is 1. The largest absolute Gasteiger partial charge is 0.481 e. The van der Waals surface area contributed by atoms with Crippen molar-refractivity contribution in [1.29, 1.82) is 0 Å². The molecule has 0 aromatic carbocycles. The van der Waals surface area contributed by atoms with E-state index in [2.05, 4.69) is 0 Å². The number of aliphatic carboxylic acids is 1. The van der Waals surface area contributed by atoms with Gasteiger partial charge in [0.05, 0.1) is 25.2 Å². The van der Waals surface area contributed by atoms with Crippen LogP contribution in [0.2, 0.25) is 0 Å². The summed E-state index contributed by atoms with van der Waals surface area (Å²) in [5, 5.41) is 20.1. The fourth-order valence-corrected chi connectivity index (χ4v) is 5.94. The van der Waals surface area contributed by atoms with E-state index in [1.165, 1.54) is 18.9 Å². The van der Waals surface area contributed by atoms with E-state index in [-0.39, 0.29) is 39.3 Å². The Labute approximate surface area is 204 Å². The normalized spacial score (nSPS) is 15.3. The van der Waals surface area contributed by atoms with Crippen molar-refractivity contribution in [2.24, 2.45) is 10.8 Å². The van der Waals surface area contributed by atoms with Gasteiger partial charge in [0.15, 0.2) is 6.10 Å². The van der Waals surface area contributed by atoms with Crippen LogP contribution in [0.25, 0.3) is 0 Å². The second-order valence-corrected chi connectivity index (χ2v) is 12.9. The van der Waals surface area contributed by atoms with Gasteiger partial charge in [0.25, 0.3) is 0 Å². The second kappa shape index (κ2) is 13.3. The molecule has 2 unspecified atom stereocenters. The minimum absolute atomic E-state index is 0.0443. The molecular weight excluding hydrogens is 465 g/mol. The van der Waals surface area contributed by atoms with Crippen LogP contribution in [0.3, 0.4) is 0 Å². The molecule has 0 aliphatic carbocycles. The van der Waals surface area contributed by atoms with Gasteiger partial charge in [0, 0.05) is 25.0 Å². The molecule has 0 amide bonds. The van der Waals surface area contributed by atoms with E-state index < -0.39 is 47.8 Å². The Morgan fingerprint density at radius 3 is 1.82 bits per heavy atom. The summed E-state index contributed by atoms with van der Waals surface area (Å²) in [5.41, 5.74) is -2.80. The first-order valence-electron chi connectivity index (χ1n) is 11.7. The lowest BCUT2D eigenvalue weighted by atomic mass is 9.87. The van der Waals surface area contributed by atoms with Gasteiger partial charge in [-0.15, -0.1) is 0 Å². The number of aliphatic hydroxyl groups is 1. The van der Waals surface area contributed by atoms with Crippen LogP contribution in [0.4, 0.5) is 0 Å². The number of ether oxygens (including phenoxy) is 1. The third-order valence-corrected chi connectivity index (χ3v) is 7.72. The molecule has 0 aromatic rings. The highest BCUT2D eigenvalue weighted by atomic mass is 31.2. The SMILES string of the molecule is CCOP(=O)(OCC)C(N(OC(CC(C)(C)C(=O)O)C(=O)OCCCO)C(C)(C)C)C(C)(C)C. The predicted molar refractivity (Wildman–Crippen MR) is 129 cm³/mol. The molecular formula is C23H46NO9P. The molecule has 0 aliphatic rings. The van der Waals surface area contributed by atoms with Gasteiger partial charge in [0.2, 0.25) is 0 Å². The Bertz CT molecular complexity index is 688. The van der Waals surface area contributed by atoms with Crippen molar-refractivity contribution >= 4 is 19.5 Å². The summed E-state index contributed by atoms with van der Waals surface area (Å²) >= 11 is 0. The lowest BCUT2D eigenvalue weighted by Crippen LogP contribution is -2.56. The van der Waals surface area contributed by atoms with E-state index in [1.54, 1.807) is 13.8 Å². The highest BCUT2D eigenvalue weighted by Crippen LogP contribution is 2.61. The molecule has 0 rings (SSSR count). The number of nitrogens with zero attached hydrogens (tertiary/aromatic N) is 1. The van der Waals surface area contributed by atoms with Crippen molar-refractivity contribution in [2.75, 3.05) is 26.4 Å². The summed E-state index contributed by atoms with van der Waals surface area (Å²) < 4.78 is 30.6. The molecule has 2 atom stereocenters. The third kappa shape index (κ3) is 9.91. The number of hydrogen-bond donors (Lipinski definition) is 2. The first kappa shape index (κ1) is 33.0. The Kier molecular flexibility index (Phi) is 12.9. The number of carboxylic acid groups (broad SMARTS) is 1. The van der Waals surface area contributed by atoms with Gasteiger partial charge in [-0.3, -0.25) is 14.2 Å². The van der Waals surface area contributed by atoms with Crippen LogP contribution in [0.1, 0.15) is 82.1 Å². The molecule has 0 heterocycles. The summed E-state index contributed by atoms with van der Waals surface area (Å²) in [6, 6.07) is 0. The molecule has 202 valence electrons. The molecule has 2 N–H and O–H groups in total. The average Bonchev–Trinajstić information content (AvgIpc) is 2.65. The molecule has 0 bridgehead atoms. The molecule has 34 heavy (non-hydrogen) atoms. The number of carboxylic acids is 1. The molecule has 10 nitrogen and oxygen atoms in total. The third-order valence-electron chi connectivity index (χ3n) is 4.90. The fourth-order valence-electron chi connectivity index (χ4n) is 3.26. The monoisotopic (exact) mass is 511 g/mol. The van der Waals surface area contributed by atoms with Gasteiger partial charge in [-0.2, -0.15) is 5.06 Å². The molecule has 0 radical (unpaired) electrons. The van der Waals surface area contributed by atoms with Crippen molar-refractivity contribution < 1.29 is 43.0 Å². The maximum absolute atomic E-state index is 14.0. The van der Waals surface area contributed by atoms with Gasteiger partial charge in [-0.1, -0.05) is 20.8 Å². The van der Waals surface area contributed by atoms with Crippen LogP contribution in [-0.4, -0.2) is 71.1 Å². The smallest absolute Gasteiger partial charge is 0.350 e. The van der Waals surface area contributed by atoms with Gasteiger partial charge in [-0.05, 0) is 53.9 Å². The van der Waals surface area contributed by atoms with Gasteiger partial charge in [-0.25, -0.2) is 4.79 Å². The number of esters is 1. The first-order valence-corrected chi connectivity index (χ1v) is 13.3. The molecule has 11 heteroatoms. The van der Waals surface area contributed by atoms with Crippen LogP contribution >= 0.6 is 7.60 Å². The van der Waals surface area contributed by atoms with Crippen molar-refractivity contribution in [1.82, 2.24) is 5.06 Å². The Balaban J connectivity index is 6.57.